The molecule has 0 radical (unpaired) electrons. The minimum Gasteiger partial charge on any atom is -0.327 e. The molecule has 2 nitrogen and oxygen atoms in total. The van der Waals surface area contributed by atoms with E-state index in [1.54, 1.807) is 0 Å². The molecule has 0 saturated heterocycles. The molecule has 2 rings (SSSR count). The molecule has 1 aromatic rings. The van der Waals surface area contributed by atoms with E-state index in [2.05, 4.69) is 6.07 Å². The van der Waals surface area contributed by atoms with Gasteiger partial charge in [-0.1, -0.05) is 12.1 Å². The lowest BCUT2D eigenvalue weighted by molar-refractivity contribution is 0.990. The van der Waals surface area contributed by atoms with Gasteiger partial charge in [0.05, 0.1) is 11.6 Å². The molecule has 1 fully saturated rings. The first-order valence-corrected chi connectivity index (χ1v) is 4.07. The molecular weight excluding hydrogens is 148 g/mol. The molecule has 2 N–H and O–H groups in total. The second-order valence-electron chi connectivity index (χ2n) is 3.24. The Labute approximate surface area is 71.6 Å². The van der Waals surface area contributed by atoms with E-state index in [0.29, 0.717) is 12.0 Å². The Morgan fingerprint density at radius 3 is 2.83 bits per heavy atom. The van der Waals surface area contributed by atoms with Gasteiger partial charge in [-0.25, -0.2) is 0 Å². The number of hydrogen-bond donors (Lipinski definition) is 1. The Bertz CT molecular complexity index is 338. The maximum absolute atomic E-state index is 8.65. The van der Waals surface area contributed by atoms with Crippen LogP contribution in [0.3, 0.4) is 0 Å². The fraction of sp³-hybridized carbons (Fsp3) is 0.300. The van der Waals surface area contributed by atoms with Crippen molar-refractivity contribution in [2.75, 3.05) is 0 Å². The molecule has 2 unspecified atom stereocenters. The lowest BCUT2D eigenvalue weighted by Gasteiger charge is -1.97. The molecular formula is C10H10N2. The molecule has 1 aromatic carbocycles. The summed E-state index contributed by atoms with van der Waals surface area (Å²) in [6, 6.07) is 10.1. The van der Waals surface area contributed by atoms with E-state index in [0.717, 1.165) is 12.0 Å². The number of nitrogens with two attached hydrogens (primary N) is 1. The third-order valence-corrected chi connectivity index (χ3v) is 2.28. The highest BCUT2D eigenvalue weighted by atomic mass is 14.7. The summed E-state index contributed by atoms with van der Waals surface area (Å²) >= 11 is 0. The summed E-state index contributed by atoms with van der Waals surface area (Å²) in [5, 5.41) is 8.65. The van der Waals surface area contributed by atoms with Gasteiger partial charge in [-0.15, -0.1) is 0 Å². The van der Waals surface area contributed by atoms with Crippen LogP contribution in [0.25, 0.3) is 0 Å². The lowest BCUT2D eigenvalue weighted by Crippen LogP contribution is -2.00. The highest BCUT2D eigenvalue weighted by Crippen LogP contribution is 2.38. The number of hydrogen-bond acceptors (Lipinski definition) is 2. The van der Waals surface area contributed by atoms with Crippen molar-refractivity contribution in [3.05, 3.63) is 35.4 Å². The maximum atomic E-state index is 8.65. The van der Waals surface area contributed by atoms with Crippen molar-refractivity contribution in [3.63, 3.8) is 0 Å². The minimum atomic E-state index is 0.318. The highest BCUT2D eigenvalue weighted by Gasteiger charge is 2.34. The molecule has 2 atom stereocenters. The fourth-order valence-electron chi connectivity index (χ4n) is 1.44. The first-order valence-electron chi connectivity index (χ1n) is 4.07. The van der Waals surface area contributed by atoms with E-state index in [1.165, 1.54) is 5.56 Å². The number of rotatable bonds is 1. The zero-order valence-corrected chi connectivity index (χ0v) is 6.70. The third kappa shape index (κ3) is 1.19. The Morgan fingerprint density at radius 1 is 1.50 bits per heavy atom. The molecule has 0 amide bonds. The normalized spacial score (nSPS) is 26.3. The average Bonchev–Trinajstić information content (AvgIpc) is 2.83. The van der Waals surface area contributed by atoms with Crippen LogP contribution in [0.5, 0.6) is 0 Å². The van der Waals surface area contributed by atoms with Gasteiger partial charge >= 0.3 is 0 Å². The summed E-state index contributed by atoms with van der Waals surface area (Å²) in [6.07, 6.45) is 1.06. The quantitative estimate of drug-likeness (QED) is 0.671. The molecule has 0 spiro atoms. The Morgan fingerprint density at radius 2 is 2.25 bits per heavy atom. The first kappa shape index (κ1) is 7.33. The molecule has 12 heavy (non-hydrogen) atoms. The average molecular weight is 158 g/mol. The van der Waals surface area contributed by atoms with Gasteiger partial charge in [0.1, 0.15) is 0 Å². The lowest BCUT2D eigenvalue weighted by atomic mass is 10.1. The summed E-state index contributed by atoms with van der Waals surface area (Å²) in [5.41, 5.74) is 7.65. The molecule has 2 heteroatoms. The molecule has 0 heterocycles. The summed E-state index contributed by atoms with van der Waals surface area (Å²) < 4.78 is 0. The highest BCUT2D eigenvalue weighted by molar-refractivity contribution is 5.37. The largest absolute Gasteiger partial charge is 0.327 e. The van der Waals surface area contributed by atoms with Crippen LogP contribution in [0, 0.1) is 11.3 Å². The van der Waals surface area contributed by atoms with Crippen molar-refractivity contribution in [1.29, 1.82) is 5.26 Å². The summed E-state index contributed by atoms with van der Waals surface area (Å²) in [6.45, 7) is 0. The fourth-order valence-corrected chi connectivity index (χ4v) is 1.44. The number of nitriles is 1. The summed E-state index contributed by atoms with van der Waals surface area (Å²) in [4.78, 5) is 0. The SMILES string of the molecule is N#Cc1cccc(C2CC2N)c1. The van der Waals surface area contributed by atoms with Gasteiger partial charge < -0.3 is 5.73 Å². The van der Waals surface area contributed by atoms with Gasteiger partial charge in [0.15, 0.2) is 0 Å². The van der Waals surface area contributed by atoms with Crippen molar-refractivity contribution < 1.29 is 0 Å². The van der Waals surface area contributed by atoms with E-state index >= 15 is 0 Å². The Kier molecular flexibility index (Phi) is 1.60. The van der Waals surface area contributed by atoms with Crippen LogP contribution in [0.1, 0.15) is 23.5 Å². The van der Waals surface area contributed by atoms with Crippen LogP contribution in [-0.2, 0) is 0 Å². The second kappa shape index (κ2) is 2.62. The number of nitrogens with zero attached hydrogens (tertiary/aromatic N) is 1. The maximum Gasteiger partial charge on any atom is 0.0991 e. The van der Waals surface area contributed by atoms with E-state index in [9.17, 15) is 0 Å². The summed E-state index contributed by atoms with van der Waals surface area (Å²) in [7, 11) is 0. The van der Waals surface area contributed by atoms with Crippen LogP contribution < -0.4 is 5.73 Å². The molecule has 1 aliphatic rings. The third-order valence-electron chi connectivity index (χ3n) is 2.28. The van der Waals surface area contributed by atoms with E-state index in [1.807, 2.05) is 24.3 Å². The van der Waals surface area contributed by atoms with E-state index in [4.69, 9.17) is 11.0 Å². The van der Waals surface area contributed by atoms with Gasteiger partial charge in [-0.05, 0) is 24.1 Å². The zero-order valence-electron chi connectivity index (χ0n) is 6.70. The van der Waals surface area contributed by atoms with Crippen molar-refractivity contribution in [2.45, 2.75) is 18.4 Å². The predicted octanol–water partition coefficient (Wildman–Crippen LogP) is 1.37. The molecule has 0 aromatic heterocycles. The second-order valence-corrected chi connectivity index (χ2v) is 3.24. The topological polar surface area (TPSA) is 49.8 Å². The van der Waals surface area contributed by atoms with Crippen LogP contribution in [0.4, 0.5) is 0 Å². The standard InChI is InChI=1S/C10H10N2/c11-6-7-2-1-3-8(4-7)9-5-10(9)12/h1-4,9-10H,5,12H2. The van der Waals surface area contributed by atoms with Crippen molar-refractivity contribution in [1.82, 2.24) is 0 Å². The Balaban J connectivity index is 2.29. The minimum absolute atomic E-state index is 0.318. The van der Waals surface area contributed by atoms with E-state index in [-0.39, 0.29) is 0 Å². The van der Waals surface area contributed by atoms with Crippen molar-refractivity contribution >= 4 is 0 Å². The Hall–Kier alpha value is -1.33. The van der Waals surface area contributed by atoms with Crippen LogP contribution in [0.15, 0.2) is 24.3 Å². The predicted molar refractivity (Wildman–Crippen MR) is 46.5 cm³/mol. The smallest absolute Gasteiger partial charge is 0.0991 e. The molecule has 60 valence electrons. The van der Waals surface area contributed by atoms with Crippen LogP contribution >= 0.6 is 0 Å². The molecule has 0 bridgehead atoms. The van der Waals surface area contributed by atoms with Gasteiger partial charge in [0, 0.05) is 12.0 Å². The van der Waals surface area contributed by atoms with Gasteiger partial charge in [0.2, 0.25) is 0 Å². The van der Waals surface area contributed by atoms with Gasteiger partial charge in [0.25, 0.3) is 0 Å². The number of benzene rings is 1. The van der Waals surface area contributed by atoms with Gasteiger partial charge in [-0.3, -0.25) is 0 Å². The van der Waals surface area contributed by atoms with E-state index < -0.39 is 0 Å². The zero-order chi connectivity index (χ0) is 8.55. The summed E-state index contributed by atoms with van der Waals surface area (Å²) in [5.74, 6) is 0.498. The van der Waals surface area contributed by atoms with Crippen LogP contribution in [-0.4, -0.2) is 6.04 Å². The van der Waals surface area contributed by atoms with Crippen molar-refractivity contribution in [3.8, 4) is 6.07 Å². The monoisotopic (exact) mass is 158 g/mol. The van der Waals surface area contributed by atoms with Crippen LogP contribution in [0.2, 0.25) is 0 Å². The molecule has 1 saturated carbocycles. The van der Waals surface area contributed by atoms with Crippen molar-refractivity contribution in [2.24, 2.45) is 5.73 Å². The van der Waals surface area contributed by atoms with Gasteiger partial charge in [-0.2, -0.15) is 5.26 Å². The first-order chi connectivity index (χ1) is 5.81. The molecule has 0 aliphatic heterocycles. The molecule has 1 aliphatic carbocycles.